The molecular formula is C12H23NO3. The van der Waals surface area contributed by atoms with Crippen molar-refractivity contribution in [3.8, 4) is 0 Å². The molecule has 1 saturated carbocycles. The van der Waals surface area contributed by atoms with E-state index < -0.39 is 5.60 Å². The summed E-state index contributed by atoms with van der Waals surface area (Å²) in [5.41, 5.74) is -0.689. The fourth-order valence-corrected chi connectivity index (χ4v) is 1.94. The Kier molecular flexibility index (Phi) is 5.22. The molecule has 1 aliphatic carbocycles. The Morgan fingerprint density at radius 3 is 2.56 bits per heavy atom. The number of rotatable bonds is 5. The minimum atomic E-state index is -0.689. The standard InChI is InChI=1S/C12H23NO3/c1-10(2)16-8-11(14)13-9-12(15)6-4-3-5-7-12/h10,15H,3-9H2,1-2H3,(H,13,14). The first-order valence-electron chi connectivity index (χ1n) is 6.12. The molecule has 4 heteroatoms. The summed E-state index contributed by atoms with van der Waals surface area (Å²) in [5, 5.41) is 12.9. The van der Waals surface area contributed by atoms with Gasteiger partial charge in [-0.2, -0.15) is 0 Å². The lowest BCUT2D eigenvalue weighted by Crippen LogP contribution is -2.45. The molecule has 1 amide bonds. The maximum Gasteiger partial charge on any atom is 0.246 e. The largest absolute Gasteiger partial charge is 0.388 e. The highest BCUT2D eigenvalue weighted by atomic mass is 16.5. The van der Waals surface area contributed by atoms with Crippen molar-refractivity contribution in [1.29, 1.82) is 0 Å². The number of nitrogens with one attached hydrogen (secondary N) is 1. The Balaban J connectivity index is 2.19. The molecule has 0 aromatic heterocycles. The molecule has 0 unspecified atom stereocenters. The second-order valence-electron chi connectivity index (χ2n) is 4.92. The zero-order chi connectivity index (χ0) is 12.0. The minimum Gasteiger partial charge on any atom is -0.388 e. The first-order chi connectivity index (χ1) is 7.52. The third-order valence-corrected chi connectivity index (χ3v) is 2.95. The molecule has 0 atom stereocenters. The Bertz CT molecular complexity index is 222. The van der Waals surface area contributed by atoms with Gasteiger partial charge in [0.1, 0.15) is 6.61 Å². The third kappa shape index (κ3) is 4.94. The van der Waals surface area contributed by atoms with E-state index in [2.05, 4.69) is 5.32 Å². The summed E-state index contributed by atoms with van der Waals surface area (Å²) < 4.78 is 5.18. The number of ether oxygens (including phenoxy) is 1. The average molecular weight is 229 g/mol. The molecule has 0 spiro atoms. The summed E-state index contributed by atoms with van der Waals surface area (Å²) in [7, 11) is 0. The average Bonchev–Trinajstić information content (AvgIpc) is 2.25. The van der Waals surface area contributed by atoms with E-state index in [0.29, 0.717) is 6.54 Å². The van der Waals surface area contributed by atoms with E-state index in [9.17, 15) is 9.90 Å². The van der Waals surface area contributed by atoms with E-state index >= 15 is 0 Å². The normalized spacial score (nSPS) is 19.8. The second kappa shape index (κ2) is 6.21. The molecule has 0 radical (unpaired) electrons. The van der Waals surface area contributed by atoms with Crippen molar-refractivity contribution in [3.63, 3.8) is 0 Å². The lowest BCUT2D eigenvalue weighted by atomic mass is 9.85. The molecule has 0 aromatic carbocycles. The van der Waals surface area contributed by atoms with Gasteiger partial charge in [0.15, 0.2) is 0 Å². The molecule has 1 rings (SSSR count). The fraction of sp³-hybridized carbons (Fsp3) is 0.917. The van der Waals surface area contributed by atoms with Crippen LogP contribution in [0.3, 0.4) is 0 Å². The van der Waals surface area contributed by atoms with E-state index in [0.717, 1.165) is 25.7 Å². The van der Waals surface area contributed by atoms with Gasteiger partial charge in [0.25, 0.3) is 0 Å². The number of carbonyl (C=O) groups is 1. The van der Waals surface area contributed by atoms with Crippen molar-refractivity contribution in [2.24, 2.45) is 0 Å². The highest BCUT2D eigenvalue weighted by Crippen LogP contribution is 2.27. The van der Waals surface area contributed by atoms with Crippen molar-refractivity contribution < 1.29 is 14.6 Å². The van der Waals surface area contributed by atoms with Crippen molar-refractivity contribution in [2.75, 3.05) is 13.2 Å². The van der Waals surface area contributed by atoms with Gasteiger partial charge in [0, 0.05) is 6.54 Å². The summed E-state index contributed by atoms with van der Waals surface area (Å²) in [6.45, 7) is 4.21. The molecule has 0 heterocycles. The topological polar surface area (TPSA) is 58.6 Å². The summed E-state index contributed by atoms with van der Waals surface area (Å²) >= 11 is 0. The zero-order valence-electron chi connectivity index (χ0n) is 10.3. The van der Waals surface area contributed by atoms with Crippen molar-refractivity contribution in [2.45, 2.75) is 57.7 Å². The van der Waals surface area contributed by atoms with Crippen LogP contribution in [0.5, 0.6) is 0 Å². The van der Waals surface area contributed by atoms with Crippen LogP contribution in [0.25, 0.3) is 0 Å². The molecule has 0 bridgehead atoms. The fourth-order valence-electron chi connectivity index (χ4n) is 1.94. The molecule has 0 aliphatic heterocycles. The number of aliphatic hydroxyl groups is 1. The quantitative estimate of drug-likeness (QED) is 0.745. The maximum atomic E-state index is 11.4. The van der Waals surface area contributed by atoms with Gasteiger partial charge in [0.2, 0.25) is 5.91 Å². The number of hydrogen-bond donors (Lipinski definition) is 2. The van der Waals surface area contributed by atoms with Gasteiger partial charge in [0.05, 0.1) is 11.7 Å². The van der Waals surface area contributed by atoms with Crippen molar-refractivity contribution in [1.82, 2.24) is 5.32 Å². The highest BCUT2D eigenvalue weighted by molar-refractivity contribution is 5.77. The van der Waals surface area contributed by atoms with Crippen LogP contribution >= 0.6 is 0 Å². The van der Waals surface area contributed by atoms with E-state index in [1.54, 1.807) is 0 Å². The summed E-state index contributed by atoms with van der Waals surface area (Å²) in [4.78, 5) is 11.4. The summed E-state index contributed by atoms with van der Waals surface area (Å²) in [6, 6.07) is 0. The minimum absolute atomic E-state index is 0.0588. The third-order valence-electron chi connectivity index (χ3n) is 2.95. The monoisotopic (exact) mass is 229 g/mol. The Labute approximate surface area is 97.4 Å². The van der Waals surface area contributed by atoms with Gasteiger partial charge < -0.3 is 15.2 Å². The van der Waals surface area contributed by atoms with E-state index in [4.69, 9.17) is 4.74 Å². The van der Waals surface area contributed by atoms with Crippen LogP contribution in [0.2, 0.25) is 0 Å². The van der Waals surface area contributed by atoms with Crippen molar-refractivity contribution >= 4 is 5.91 Å². The Morgan fingerprint density at radius 2 is 2.00 bits per heavy atom. The SMILES string of the molecule is CC(C)OCC(=O)NCC1(O)CCCCC1. The molecule has 0 aromatic rings. The number of amides is 1. The van der Waals surface area contributed by atoms with Gasteiger partial charge >= 0.3 is 0 Å². The summed E-state index contributed by atoms with van der Waals surface area (Å²) in [5.74, 6) is -0.146. The zero-order valence-corrected chi connectivity index (χ0v) is 10.3. The lowest BCUT2D eigenvalue weighted by Gasteiger charge is -2.32. The van der Waals surface area contributed by atoms with Crippen molar-refractivity contribution in [3.05, 3.63) is 0 Å². The van der Waals surface area contributed by atoms with Crippen LogP contribution in [0.15, 0.2) is 0 Å². The molecule has 4 nitrogen and oxygen atoms in total. The number of hydrogen-bond acceptors (Lipinski definition) is 3. The van der Waals surface area contributed by atoms with Gasteiger partial charge in [-0.15, -0.1) is 0 Å². The van der Waals surface area contributed by atoms with E-state index in [-0.39, 0.29) is 18.6 Å². The Hall–Kier alpha value is -0.610. The summed E-state index contributed by atoms with van der Waals surface area (Å²) in [6.07, 6.45) is 4.93. The molecule has 16 heavy (non-hydrogen) atoms. The molecule has 2 N–H and O–H groups in total. The highest BCUT2D eigenvalue weighted by Gasteiger charge is 2.29. The van der Waals surface area contributed by atoms with E-state index in [1.807, 2.05) is 13.8 Å². The van der Waals surface area contributed by atoms with Crippen LogP contribution in [0.1, 0.15) is 46.0 Å². The number of carbonyl (C=O) groups excluding carboxylic acids is 1. The predicted molar refractivity (Wildman–Crippen MR) is 62.1 cm³/mol. The van der Waals surface area contributed by atoms with Crippen LogP contribution in [0, 0.1) is 0 Å². The van der Waals surface area contributed by atoms with Gasteiger partial charge in [-0.25, -0.2) is 0 Å². The molecule has 94 valence electrons. The van der Waals surface area contributed by atoms with Crippen LogP contribution < -0.4 is 5.32 Å². The van der Waals surface area contributed by atoms with Crippen LogP contribution in [-0.4, -0.2) is 35.9 Å². The van der Waals surface area contributed by atoms with Crippen LogP contribution in [-0.2, 0) is 9.53 Å². The van der Waals surface area contributed by atoms with Gasteiger partial charge in [-0.1, -0.05) is 19.3 Å². The predicted octanol–water partition coefficient (Wildman–Crippen LogP) is 1.22. The van der Waals surface area contributed by atoms with Crippen LogP contribution in [0.4, 0.5) is 0 Å². The molecule has 1 fully saturated rings. The second-order valence-corrected chi connectivity index (χ2v) is 4.92. The maximum absolute atomic E-state index is 11.4. The van der Waals surface area contributed by atoms with E-state index in [1.165, 1.54) is 6.42 Å². The first-order valence-corrected chi connectivity index (χ1v) is 6.12. The van der Waals surface area contributed by atoms with Gasteiger partial charge in [-0.3, -0.25) is 4.79 Å². The first kappa shape index (κ1) is 13.5. The molecule has 1 aliphatic rings. The lowest BCUT2D eigenvalue weighted by molar-refractivity contribution is -0.128. The molecular weight excluding hydrogens is 206 g/mol. The molecule has 0 saturated heterocycles. The Morgan fingerprint density at radius 1 is 1.38 bits per heavy atom. The smallest absolute Gasteiger partial charge is 0.246 e. The van der Waals surface area contributed by atoms with Gasteiger partial charge in [-0.05, 0) is 26.7 Å².